The third-order valence-corrected chi connectivity index (χ3v) is 3.83. The summed E-state index contributed by atoms with van der Waals surface area (Å²) >= 11 is 0. The minimum Gasteiger partial charge on any atom is -0.353 e. The molecule has 1 N–H and O–H groups in total. The lowest BCUT2D eigenvalue weighted by atomic mass is 10.0. The molecule has 0 bridgehead atoms. The lowest BCUT2D eigenvalue weighted by molar-refractivity contribution is -0.128. The van der Waals surface area contributed by atoms with Gasteiger partial charge in [-0.2, -0.15) is 5.26 Å². The first-order chi connectivity index (χ1) is 10.2. The van der Waals surface area contributed by atoms with Crippen LogP contribution in [0.3, 0.4) is 0 Å². The van der Waals surface area contributed by atoms with Crippen LogP contribution in [0.2, 0.25) is 0 Å². The second-order valence-corrected chi connectivity index (χ2v) is 5.62. The largest absolute Gasteiger partial charge is 0.353 e. The predicted octanol–water partition coefficient (Wildman–Crippen LogP) is 1.71. The number of nitriles is 1. The molecule has 2 heterocycles. The quantitative estimate of drug-likeness (QED) is 0.894. The number of nitrogens with one attached hydrogen (secondary N) is 1. The average molecular weight is 286 g/mol. The van der Waals surface area contributed by atoms with Crippen LogP contribution in [0.5, 0.6) is 0 Å². The van der Waals surface area contributed by atoms with Crippen LogP contribution in [0.1, 0.15) is 31.7 Å². The normalized spacial score (nSPS) is 20.5. The molecule has 1 aliphatic heterocycles. The van der Waals surface area contributed by atoms with Gasteiger partial charge in [0.25, 0.3) is 0 Å². The van der Waals surface area contributed by atoms with E-state index in [1.165, 1.54) is 0 Å². The smallest absolute Gasteiger partial charge is 0.237 e. The summed E-state index contributed by atoms with van der Waals surface area (Å²) in [5, 5.41) is 11.7. The minimum absolute atomic E-state index is 0.0423. The summed E-state index contributed by atoms with van der Waals surface area (Å²) in [6.07, 6.45) is 6.69. The van der Waals surface area contributed by atoms with Crippen molar-refractivity contribution in [2.45, 2.75) is 38.8 Å². The van der Waals surface area contributed by atoms with Gasteiger partial charge < -0.3 is 5.32 Å². The van der Waals surface area contributed by atoms with E-state index in [1.54, 1.807) is 6.20 Å². The summed E-state index contributed by atoms with van der Waals surface area (Å²) in [6, 6.07) is 6.00. The predicted molar refractivity (Wildman–Crippen MR) is 80.1 cm³/mol. The third-order valence-electron chi connectivity index (χ3n) is 3.83. The number of rotatable bonds is 5. The maximum Gasteiger partial charge on any atom is 0.237 e. The number of hydrogen-bond acceptors (Lipinski definition) is 4. The molecule has 2 rings (SSSR count). The fourth-order valence-electron chi connectivity index (χ4n) is 2.62. The van der Waals surface area contributed by atoms with Crippen LogP contribution in [0, 0.1) is 17.2 Å². The van der Waals surface area contributed by atoms with E-state index in [9.17, 15) is 4.79 Å². The van der Waals surface area contributed by atoms with Gasteiger partial charge in [0.2, 0.25) is 5.91 Å². The van der Waals surface area contributed by atoms with Crippen LogP contribution < -0.4 is 5.32 Å². The van der Waals surface area contributed by atoms with Crippen molar-refractivity contribution in [1.29, 1.82) is 5.26 Å². The van der Waals surface area contributed by atoms with E-state index in [4.69, 9.17) is 5.26 Å². The molecule has 112 valence electrons. The van der Waals surface area contributed by atoms with Gasteiger partial charge in [-0.15, -0.1) is 0 Å². The Bertz CT molecular complexity index is 497. The molecule has 1 fully saturated rings. The van der Waals surface area contributed by atoms with Crippen LogP contribution in [0.25, 0.3) is 0 Å². The van der Waals surface area contributed by atoms with Crippen molar-refractivity contribution in [2.75, 3.05) is 13.1 Å². The Balaban J connectivity index is 1.95. The van der Waals surface area contributed by atoms with Gasteiger partial charge in [-0.1, -0.05) is 12.5 Å². The Labute approximate surface area is 126 Å². The number of aromatic nitrogens is 1. The van der Waals surface area contributed by atoms with Crippen LogP contribution in [0.15, 0.2) is 24.5 Å². The Kier molecular flexibility index (Phi) is 5.70. The van der Waals surface area contributed by atoms with Crippen molar-refractivity contribution >= 4 is 5.91 Å². The molecule has 1 saturated heterocycles. The molecule has 1 amide bonds. The fraction of sp³-hybridized carbons (Fsp3) is 0.562. The third kappa shape index (κ3) is 4.54. The van der Waals surface area contributed by atoms with E-state index in [2.05, 4.69) is 21.3 Å². The van der Waals surface area contributed by atoms with Crippen molar-refractivity contribution in [1.82, 2.24) is 15.2 Å². The minimum atomic E-state index is -0.149. The van der Waals surface area contributed by atoms with Gasteiger partial charge in [0.15, 0.2) is 0 Å². The molecule has 0 spiro atoms. The topological polar surface area (TPSA) is 69.0 Å². The van der Waals surface area contributed by atoms with E-state index < -0.39 is 0 Å². The molecule has 0 aliphatic carbocycles. The first kappa shape index (κ1) is 15.5. The molecule has 0 aromatic carbocycles. The van der Waals surface area contributed by atoms with E-state index in [0.29, 0.717) is 6.54 Å². The fourth-order valence-corrected chi connectivity index (χ4v) is 2.62. The van der Waals surface area contributed by atoms with Crippen molar-refractivity contribution < 1.29 is 4.79 Å². The van der Waals surface area contributed by atoms with Crippen molar-refractivity contribution in [3.63, 3.8) is 0 Å². The molecule has 2 atom stereocenters. The molecule has 1 aromatic rings. The van der Waals surface area contributed by atoms with Gasteiger partial charge in [0.05, 0.1) is 18.0 Å². The SMILES string of the molecule is CC(C#N)CNC(=O)C1CCCCN1Cc1cccnc1. The highest BCUT2D eigenvalue weighted by Crippen LogP contribution is 2.19. The molecule has 21 heavy (non-hydrogen) atoms. The Morgan fingerprint density at radius 1 is 1.62 bits per heavy atom. The number of likely N-dealkylation sites (tertiary alicyclic amines) is 1. The number of pyridine rings is 1. The van der Waals surface area contributed by atoms with E-state index in [-0.39, 0.29) is 17.9 Å². The number of piperidine rings is 1. The lowest BCUT2D eigenvalue weighted by Crippen LogP contribution is -2.49. The highest BCUT2D eigenvalue weighted by molar-refractivity contribution is 5.81. The summed E-state index contributed by atoms with van der Waals surface area (Å²) < 4.78 is 0. The van der Waals surface area contributed by atoms with E-state index >= 15 is 0 Å². The number of carbonyl (C=O) groups is 1. The highest BCUT2D eigenvalue weighted by Gasteiger charge is 2.28. The van der Waals surface area contributed by atoms with Gasteiger partial charge in [0.1, 0.15) is 0 Å². The zero-order valence-electron chi connectivity index (χ0n) is 12.5. The first-order valence-corrected chi connectivity index (χ1v) is 7.51. The average Bonchev–Trinajstić information content (AvgIpc) is 2.53. The summed E-state index contributed by atoms with van der Waals surface area (Å²) in [5.74, 6) is -0.106. The molecule has 0 saturated carbocycles. The maximum absolute atomic E-state index is 12.3. The van der Waals surface area contributed by atoms with Gasteiger partial charge in [-0.05, 0) is 37.9 Å². The van der Waals surface area contributed by atoms with Crippen molar-refractivity contribution in [3.8, 4) is 6.07 Å². The zero-order chi connectivity index (χ0) is 15.1. The molecule has 5 nitrogen and oxygen atoms in total. The summed E-state index contributed by atoms with van der Waals surface area (Å²) in [6.45, 7) is 3.92. The van der Waals surface area contributed by atoms with Crippen LogP contribution in [-0.4, -0.2) is 34.9 Å². The maximum atomic E-state index is 12.3. The number of amides is 1. The molecular formula is C16H22N4O. The van der Waals surface area contributed by atoms with Crippen molar-refractivity contribution in [2.24, 2.45) is 5.92 Å². The molecule has 1 aliphatic rings. The lowest BCUT2D eigenvalue weighted by Gasteiger charge is -2.34. The molecule has 1 aromatic heterocycles. The summed E-state index contributed by atoms with van der Waals surface area (Å²) in [4.78, 5) is 18.7. The van der Waals surface area contributed by atoms with Crippen LogP contribution in [-0.2, 0) is 11.3 Å². The number of carbonyl (C=O) groups excluding carboxylic acids is 1. The molecule has 2 unspecified atom stereocenters. The summed E-state index contributed by atoms with van der Waals surface area (Å²) in [5.41, 5.74) is 1.13. The van der Waals surface area contributed by atoms with Crippen LogP contribution in [0.4, 0.5) is 0 Å². The Morgan fingerprint density at radius 3 is 3.19 bits per heavy atom. The van der Waals surface area contributed by atoms with Gasteiger partial charge in [-0.25, -0.2) is 0 Å². The monoisotopic (exact) mass is 286 g/mol. The Morgan fingerprint density at radius 2 is 2.48 bits per heavy atom. The number of nitrogens with zero attached hydrogens (tertiary/aromatic N) is 3. The molecule has 0 radical (unpaired) electrons. The molecular weight excluding hydrogens is 264 g/mol. The standard InChI is InChI=1S/C16H22N4O/c1-13(9-17)10-19-16(21)15-6-2-3-8-20(15)12-14-5-4-7-18-11-14/h4-5,7,11,13,15H,2-3,6,8,10,12H2,1H3,(H,19,21). The number of hydrogen-bond donors (Lipinski definition) is 1. The van der Waals surface area contributed by atoms with E-state index in [0.717, 1.165) is 37.9 Å². The zero-order valence-corrected chi connectivity index (χ0v) is 12.5. The highest BCUT2D eigenvalue weighted by atomic mass is 16.2. The van der Waals surface area contributed by atoms with Gasteiger partial charge in [0, 0.05) is 25.5 Å². The van der Waals surface area contributed by atoms with Crippen molar-refractivity contribution in [3.05, 3.63) is 30.1 Å². The molecule has 5 heteroatoms. The van der Waals surface area contributed by atoms with Gasteiger partial charge in [-0.3, -0.25) is 14.7 Å². The van der Waals surface area contributed by atoms with Gasteiger partial charge >= 0.3 is 0 Å². The summed E-state index contributed by atoms with van der Waals surface area (Å²) in [7, 11) is 0. The Hall–Kier alpha value is -1.93. The first-order valence-electron chi connectivity index (χ1n) is 7.51. The van der Waals surface area contributed by atoms with Crippen LogP contribution >= 0.6 is 0 Å². The second-order valence-electron chi connectivity index (χ2n) is 5.62. The second kappa shape index (κ2) is 7.75. The van der Waals surface area contributed by atoms with E-state index in [1.807, 2.05) is 25.3 Å².